The molecule has 0 aliphatic rings. The summed E-state index contributed by atoms with van der Waals surface area (Å²) in [6.07, 6.45) is 4.01. The average Bonchev–Trinajstić information content (AvgIpc) is 2.89. The maximum atomic E-state index is 13.1. The van der Waals surface area contributed by atoms with Gasteiger partial charge in [0, 0.05) is 18.9 Å². The van der Waals surface area contributed by atoms with Crippen molar-refractivity contribution in [1.29, 1.82) is 0 Å². The lowest BCUT2D eigenvalue weighted by Gasteiger charge is -2.04. The van der Waals surface area contributed by atoms with Crippen molar-refractivity contribution in [2.24, 2.45) is 0 Å². The van der Waals surface area contributed by atoms with Crippen molar-refractivity contribution in [2.75, 3.05) is 6.54 Å². The molecule has 0 spiro atoms. The molecule has 2 aromatic heterocycles. The first kappa shape index (κ1) is 14.3. The summed E-state index contributed by atoms with van der Waals surface area (Å²) in [4.78, 5) is 16.2. The van der Waals surface area contributed by atoms with Crippen LogP contribution in [0.25, 0.3) is 5.65 Å². The number of fused-ring (bicyclic) bond motifs is 1. The van der Waals surface area contributed by atoms with Gasteiger partial charge in [0.15, 0.2) is 0 Å². The zero-order chi connectivity index (χ0) is 15.4. The van der Waals surface area contributed by atoms with Crippen LogP contribution in [0, 0.1) is 5.82 Å². The van der Waals surface area contributed by atoms with Gasteiger partial charge in [-0.1, -0.05) is 30.3 Å². The third-order valence-corrected chi connectivity index (χ3v) is 3.39. The summed E-state index contributed by atoms with van der Waals surface area (Å²) in [5, 5.41) is 2.87. The van der Waals surface area contributed by atoms with Crippen molar-refractivity contribution in [3.63, 3.8) is 0 Å². The van der Waals surface area contributed by atoms with Crippen LogP contribution in [-0.4, -0.2) is 21.8 Å². The van der Waals surface area contributed by atoms with E-state index in [1.807, 2.05) is 30.3 Å². The maximum absolute atomic E-state index is 13.1. The number of imidazole rings is 1. The van der Waals surface area contributed by atoms with E-state index < -0.39 is 0 Å². The standard InChI is InChI=1S/C17H16FN3O/c18-14-6-7-16-20-15(12-21(16)11-14)10-17(22)19-9-8-13-4-2-1-3-5-13/h1-7,11-12H,8-10H2,(H,19,22). The first-order chi connectivity index (χ1) is 10.7. The van der Waals surface area contributed by atoms with E-state index in [0.717, 1.165) is 6.42 Å². The smallest absolute Gasteiger partial charge is 0.226 e. The van der Waals surface area contributed by atoms with E-state index in [1.165, 1.54) is 17.8 Å². The van der Waals surface area contributed by atoms with Crippen LogP contribution in [0.1, 0.15) is 11.3 Å². The number of amides is 1. The Morgan fingerprint density at radius 1 is 1.14 bits per heavy atom. The monoisotopic (exact) mass is 297 g/mol. The van der Waals surface area contributed by atoms with Crippen LogP contribution in [0.4, 0.5) is 4.39 Å². The second-order valence-electron chi connectivity index (χ2n) is 5.11. The lowest BCUT2D eigenvalue weighted by Crippen LogP contribution is -2.27. The number of aromatic nitrogens is 2. The van der Waals surface area contributed by atoms with Gasteiger partial charge in [0.25, 0.3) is 0 Å². The summed E-state index contributed by atoms with van der Waals surface area (Å²) in [6, 6.07) is 12.9. The molecule has 0 saturated heterocycles. The average molecular weight is 297 g/mol. The molecular formula is C17H16FN3O. The number of carbonyl (C=O) groups excluding carboxylic acids is 1. The summed E-state index contributed by atoms with van der Waals surface area (Å²) in [5.74, 6) is -0.413. The number of pyridine rings is 1. The van der Waals surface area contributed by atoms with Crippen molar-refractivity contribution < 1.29 is 9.18 Å². The number of halogens is 1. The molecule has 0 radical (unpaired) electrons. The van der Waals surface area contributed by atoms with Gasteiger partial charge in [-0.2, -0.15) is 0 Å². The summed E-state index contributed by atoms with van der Waals surface area (Å²) < 4.78 is 14.7. The van der Waals surface area contributed by atoms with Gasteiger partial charge in [0.05, 0.1) is 12.1 Å². The van der Waals surface area contributed by atoms with Crippen molar-refractivity contribution in [1.82, 2.24) is 14.7 Å². The summed E-state index contributed by atoms with van der Waals surface area (Å²) in [6.45, 7) is 0.588. The third kappa shape index (κ3) is 3.49. The normalized spacial score (nSPS) is 10.8. The van der Waals surface area contributed by atoms with Gasteiger partial charge in [-0.15, -0.1) is 0 Å². The van der Waals surface area contributed by atoms with E-state index in [2.05, 4.69) is 10.3 Å². The highest BCUT2D eigenvalue weighted by Crippen LogP contribution is 2.07. The van der Waals surface area contributed by atoms with Gasteiger partial charge in [-0.05, 0) is 24.1 Å². The molecule has 1 amide bonds. The second kappa shape index (κ2) is 6.39. The molecule has 1 aromatic carbocycles. The Kier molecular flexibility index (Phi) is 4.14. The molecule has 1 N–H and O–H groups in total. The SMILES string of the molecule is O=C(Cc1cn2cc(F)ccc2n1)NCCc1ccccc1. The molecular weight excluding hydrogens is 281 g/mol. The van der Waals surface area contributed by atoms with Crippen LogP contribution in [0.3, 0.4) is 0 Å². The molecule has 0 unspecified atom stereocenters. The number of nitrogens with zero attached hydrogens (tertiary/aromatic N) is 2. The lowest BCUT2D eigenvalue weighted by molar-refractivity contribution is -0.120. The molecule has 0 atom stereocenters. The van der Waals surface area contributed by atoms with E-state index in [9.17, 15) is 9.18 Å². The zero-order valence-corrected chi connectivity index (χ0v) is 12.0. The van der Waals surface area contributed by atoms with E-state index in [-0.39, 0.29) is 18.1 Å². The Morgan fingerprint density at radius 3 is 2.77 bits per heavy atom. The predicted octanol–water partition coefficient (Wildman–Crippen LogP) is 2.37. The molecule has 0 saturated carbocycles. The Labute approximate surface area is 127 Å². The van der Waals surface area contributed by atoms with Crippen molar-refractivity contribution >= 4 is 11.6 Å². The van der Waals surface area contributed by atoms with E-state index >= 15 is 0 Å². The highest BCUT2D eigenvalue weighted by atomic mass is 19.1. The van der Waals surface area contributed by atoms with Gasteiger partial charge in [-0.25, -0.2) is 9.37 Å². The first-order valence-corrected chi connectivity index (χ1v) is 7.14. The van der Waals surface area contributed by atoms with Crippen LogP contribution in [0.2, 0.25) is 0 Å². The zero-order valence-electron chi connectivity index (χ0n) is 12.0. The number of nitrogens with one attached hydrogen (secondary N) is 1. The number of carbonyl (C=O) groups is 1. The van der Waals surface area contributed by atoms with E-state index in [1.54, 1.807) is 16.7 Å². The minimum atomic E-state index is -0.330. The first-order valence-electron chi connectivity index (χ1n) is 7.14. The number of rotatable bonds is 5. The minimum absolute atomic E-state index is 0.0835. The summed E-state index contributed by atoms with van der Waals surface area (Å²) >= 11 is 0. The van der Waals surface area contributed by atoms with Crippen LogP contribution in [0.5, 0.6) is 0 Å². The van der Waals surface area contributed by atoms with Crippen LogP contribution < -0.4 is 5.32 Å². The van der Waals surface area contributed by atoms with E-state index in [4.69, 9.17) is 0 Å². The highest BCUT2D eigenvalue weighted by molar-refractivity contribution is 5.78. The molecule has 3 rings (SSSR count). The fourth-order valence-corrected chi connectivity index (χ4v) is 2.32. The third-order valence-electron chi connectivity index (χ3n) is 3.39. The molecule has 0 bridgehead atoms. The predicted molar refractivity (Wildman–Crippen MR) is 82.0 cm³/mol. The Balaban J connectivity index is 1.54. The maximum Gasteiger partial charge on any atom is 0.226 e. The van der Waals surface area contributed by atoms with Crippen LogP contribution in [0.15, 0.2) is 54.9 Å². The lowest BCUT2D eigenvalue weighted by atomic mass is 10.1. The Hall–Kier alpha value is -2.69. The molecule has 4 nitrogen and oxygen atoms in total. The molecule has 22 heavy (non-hydrogen) atoms. The molecule has 0 aliphatic carbocycles. The molecule has 0 aliphatic heterocycles. The Bertz CT molecular complexity index is 783. The quantitative estimate of drug-likeness (QED) is 0.786. The fourth-order valence-electron chi connectivity index (χ4n) is 2.32. The fraction of sp³-hybridized carbons (Fsp3) is 0.176. The van der Waals surface area contributed by atoms with Gasteiger partial charge in [0.1, 0.15) is 11.5 Å². The number of hydrogen-bond donors (Lipinski definition) is 1. The van der Waals surface area contributed by atoms with Gasteiger partial charge in [0.2, 0.25) is 5.91 Å². The van der Waals surface area contributed by atoms with Gasteiger partial charge < -0.3 is 9.72 Å². The van der Waals surface area contributed by atoms with Crippen LogP contribution in [-0.2, 0) is 17.6 Å². The molecule has 5 heteroatoms. The minimum Gasteiger partial charge on any atom is -0.355 e. The second-order valence-corrected chi connectivity index (χ2v) is 5.11. The largest absolute Gasteiger partial charge is 0.355 e. The van der Waals surface area contributed by atoms with Gasteiger partial charge in [-0.3, -0.25) is 4.79 Å². The van der Waals surface area contributed by atoms with Crippen LogP contribution >= 0.6 is 0 Å². The number of benzene rings is 1. The Morgan fingerprint density at radius 2 is 1.95 bits per heavy atom. The molecule has 2 heterocycles. The molecule has 112 valence electrons. The number of hydrogen-bond acceptors (Lipinski definition) is 2. The van der Waals surface area contributed by atoms with Crippen molar-refractivity contribution in [3.05, 3.63) is 71.9 Å². The summed E-state index contributed by atoms with van der Waals surface area (Å²) in [5.41, 5.74) is 2.45. The highest BCUT2D eigenvalue weighted by Gasteiger charge is 2.07. The molecule has 0 fully saturated rings. The molecule has 3 aromatic rings. The van der Waals surface area contributed by atoms with Gasteiger partial charge >= 0.3 is 0 Å². The summed E-state index contributed by atoms with van der Waals surface area (Å²) in [7, 11) is 0. The van der Waals surface area contributed by atoms with Crippen molar-refractivity contribution in [3.8, 4) is 0 Å². The van der Waals surface area contributed by atoms with E-state index in [0.29, 0.717) is 17.9 Å². The van der Waals surface area contributed by atoms with Crippen molar-refractivity contribution in [2.45, 2.75) is 12.8 Å². The topological polar surface area (TPSA) is 46.4 Å².